The van der Waals surface area contributed by atoms with Crippen molar-refractivity contribution in [1.29, 1.82) is 0 Å². The minimum Gasteiger partial charge on any atom is -0.434 e. The van der Waals surface area contributed by atoms with Gasteiger partial charge in [-0.3, -0.25) is 4.21 Å². The van der Waals surface area contributed by atoms with Crippen LogP contribution < -0.4 is 4.74 Å². The maximum Gasteiger partial charge on any atom is 0.387 e. The summed E-state index contributed by atoms with van der Waals surface area (Å²) in [6.07, 6.45) is 3.36. The summed E-state index contributed by atoms with van der Waals surface area (Å²) < 4.78 is 41.8. The molecule has 0 aromatic heterocycles. The standard InChI is InChI=1S/C15H18F2O3S/c16-14(17)20-13-7-2-1-6-12(13)15(18)8-10-4-3-5-11(9-15)21(10)19/h1-2,6-7,10-11,14,18H,3-5,8-9H2. The lowest BCUT2D eigenvalue weighted by Gasteiger charge is -2.44. The number of aliphatic hydroxyl groups is 1. The number of benzene rings is 1. The number of hydrogen-bond acceptors (Lipinski definition) is 3. The number of rotatable bonds is 3. The molecule has 116 valence electrons. The highest BCUT2D eigenvalue weighted by atomic mass is 32.2. The largest absolute Gasteiger partial charge is 0.434 e. The molecule has 2 heterocycles. The smallest absolute Gasteiger partial charge is 0.387 e. The first-order chi connectivity index (χ1) is 9.99. The summed E-state index contributed by atoms with van der Waals surface area (Å²) in [6.45, 7) is -2.92. The van der Waals surface area contributed by atoms with Crippen molar-refractivity contribution in [2.75, 3.05) is 0 Å². The Morgan fingerprint density at radius 1 is 1.24 bits per heavy atom. The van der Waals surface area contributed by atoms with E-state index < -0.39 is 23.0 Å². The van der Waals surface area contributed by atoms with E-state index >= 15 is 0 Å². The van der Waals surface area contributed by atoms with Gasteiger partial charge in [-0.15, -0.1) is 0 Å². The molecule has 1 aromatic carbocycles. The van der Waals surface area contributed by atoms with Crippen LogP contribution in [-0.2, 0) is 16.4 Å². The quantitative estimate of drug-likeness (QED) is 0.932. The van der Waals surface area contributed by atoms with Gasteiger partial charge < -0.3 is 9.84 Å². The number of halogens is 2. The first kappa shape index (κ1) is 14.9. The zero-order chi connectivity index (χ0) is 15.0. The van der Waals surface area contributed by atoms with Gasteiger partial charge in [0, 0.05) is 26.9 Å². The van der Waals surface area contributed by atoms with Crippen molar-refractivity contribution in [3.05, 3.63) is 29.8 Å². The maximum atomic E-state index is 12.5. The third-order valence-electron chi connectivity index (χ3n) is 4.44. The number of alkyl halides is 2. The zero-order valence-electron chi connectivity index (χ0n) is 11.5. The van der Waals surface area contributed by atoms with Crippen molar-refractivity contribution in [3.63, 3.8) is 0 Å². The van der Waals surface area contributed by atoms with Crippen molar-refractivity contribution in [2.24, 2.45) is 0 Å². The van der Waals surface area contributed by atoms with Gasteiger partial charge in [-0.05, 0) is 31.7 Å². The van der Waals surface area contributed by atoms with Gasteiger partial charge in [0.05, 0.1) is 5.60 Å². The monoisotopic (exact) mass is 316 g/mol. The summed E-state index contributed by atoms with van der Waals surface area (Å²) in [7, 11) is -0.923. The Labute approximate surface area is 124 Å². The fourth-order valence-electron chi connectivity index (χ4n) is 3.55. The van der Waals surface area contributed by atoms with Crippen molar-refractivity contribution in [1.82, 2.24) is 0 Å². The van der Waals surface area contributed by atoms with Crippen LogP contribution in [0.3, 0.4) is 0 Å². The van der Waals surface area contributed by atoms with Crippen LogP contribution in [0.5, 0.6) is 5.75 Å². The molecule has 2 saturated heterocycles. The second-order valence-corrected chi connectivity index (χ2v) is 7.81. The van der Waals surface area contributed by atoms with Crippen LogP contribution in [0.25, 0.3) is 0 Å². The van der Waals surface area contributed by atoms with Gasteiger partial charge in [-0.2, -0.15) is 8.78 Å². The summed E-state index contributed by atoms with van der Waals surface area (Å²) in [6, 6.07) is 6.38. The Bertz CT molecular complexity index is 533. The van der Waals surface area contributed by atoms with Crippen LogP contribution in [0.4, 0.5) is 8.78 Å². The Hall–Kier alpha value is -1.01. The highest BCUT2D eigenvalue weighted by Gasteiger charge is 2.47. The average molecular weight is 316 g/mol. The van der Waals surface area contributed by atoms with E-state index in [4.69, 9.17) is 0 Å². The molecule has 1 aromatic rings. The van der Waals surface area contributed by atoms with Gasteiger partial charge in [-0.25, -0.2) is 0 Å². The Morgan fingerprint density at radius 2 is 1.86 bits per heavy atom. The van der Waals surface area contributed by atoms with Crippen LogP contribution >= 0.6 is 0 Å². The molecule has 1 N–H and O–H groups in total. The lowest BCUT2D eigenvalue weighted by atomic mass is 9.80. The van der Waals surface area contributed by atoms with E-state index in [0.29, 0.717) is 18.4 Å². The van der Waals surface area contributed by atoms with E-state index in [0.717, 1.165) is 19.3 Å². The second kappa shape index (κ2) is 5.65. The molecular weight excluding hydrogens is 298 g/mol. The molecule has 0 amide bonds. The molecule has 0 aliphatic carbocycles. The lowest BCUT2D eigenvalue weighted by Crippen LogP contribution is -2.47. The molecule has 2 aliphatic rings. The van der Waals surface area contributed by atoms with Crippen LogP contribution in [0.15, 0.2) is 24.3 Å². The van der Waals surface area contributed by atoms with Crippen molar-refractivity contribution in [3.8, 4) is 5.75 Å². The van der Waals surface area contributed by atoms with Crippen LogP contribution in [0.1, 0.15) is 37.7 Å². The predicted octanol–water partition coefficient (Wildman–Crippen LogP) is 2.94. The van der Waals surface area contributed by atoms with Crippen molar-refractivity contribution >= 4 is 10.8 Å². The fraction of sp³-hybridized carbons (Fsp3) is 0.600. The van der Waals surface area contributed by atoms with E-state index in [1.807, 2.05) is 0 Å². The number of fused-ring (bicyclic) bond motifs is 2. The van der Waals surface area contributed by atoms with Crippen LogP contribution in [-0.4, -0.2) is 26.4 Å². The molecule has 2 unspecified atom stereocenters. The van der Waals surface area contributed by atoms with E-state index in [1.54, 1.807) is 18.2 Å². The average Bonchev–Trinajstić information content (AvgIpc) is 2.41. The van der Waals surface area contributed by atoms with Crippen LogP contribution in [0, 0.1) is 0 Å². The van der Waals surface area contributed by atoms with Gasteiger partial charge in [0.15, 0.2) is 0 Å². The Morgan fingerprint density at radius 3 is 2.48 bits per heavy atom. The summed E-state index contributed by atoms with van der Waals surface area (Å²) >= 11 is 0. The minimum atomic E-state index is -2.92. The third kappa shape index (κ3) is 2.83. The fourth-order valence-corrected chi connectivity index (χ4v) is 5.77. The van der Waals surface area contributed by atoms with Gasteiger partial charge in [0.25, 0.3) is 0 Å². The molecule has 0 saturated carbocycles. The predicted molar refractivity (Wildman–Crippen MR) is 75.8 cm³/mol. The normalized spacial score (nSPS) is 35.7. The SMILES string of the molecule is O=S1C2CCCC1CC(O)(c1ccccc1OC(F)F)C2. The van der Waals surface area contributed by atoms with Gasteiger partial charge in [-0.1, -0.05) is 24.6 Å². The summed E-state index contributed by atoms with van der Waals surface area (Å²) in [5, 5.41) is 10.9. The van der Waals surface area contributed by atoms with Crippen LogP contribution in [0.2, 0.25) is 0 Å². The molecule has 2 atom stereocenters. The number of ether oxygens (including phenoxy) is 1. The van der Waals surface area contributed by atoms with Gasteiger partial charge in [0.1, 0.15) is 5.75 Å². The summed E-state index contributed by atoms with van der Waals surface area (Å²) in [4.78, 5) is 0. The molecular formula is C15H18F2O3S. The molecule has 3 rings (SSSR count). The summed E-state index contributed by atoms with van der Waals surface area (Å²) in [5.41, 5.74) is -0.839. The Kier molecular flexibility index (Phi) is 4.01. The number of hydrogen-bond donors (Lipinski definition) is 1. The third-order valence-corrected chi connectivity index (χ3v) is 6.56. The molecule has 21 heavy (non-hydrogen) atoms. The zero-order valence-corrected chi connectivity index (χ0v) is 12.3. The van der Waals surface area contributed by atoms with Gasteiger partial charge >= 0.3 is 6.61 Å². The van der Waals surface area contributed by atoms with E-state index in [-0.39, 0.29) is 16.2 Å². The van der Waals surface area contributed by atoms with Crippen molar-refractivity contribution in [2.45, 2.75) is 54.8 Å². The number of para-hydroxylation sites is 1. The highest BCUT2D eigenvalue weighted by molar-refractivity contribution is 7.86. The first-order valence-electron chi connectivity index (χ1n) is 7.16. The lowest BCUT2D eigenvalue weighted by molar-refractivity contribution is -0.0564. The molecule has 3 nitrogen and oxygen atoms in total. The van der Waals surface area contributed by atoms with Gasteiger partial charge in [0.2, 0.25) is 0 Å². The Balaban J connectivity index is 1.94. The van der Waals surface area contributed by atoms with E-state index in [2.05, 4.69) is 4.74 Å². The molecule has 0 radical (unpaired) electrons. The minimum absolute atomic E-state index is 0.0146. The van der Waals surface area contributed by atoms with Crippen molar-refractivity contribution < 1.29 is 22.8 Å². The molecule has 2 fully saturated rings. The summed E-state index contributed by atoms with van der Waals surface area (Å²) in [5.74, 6) is 0.0146. The molecule has 2 bridgehead atoms. The molecule has 2 aliphatic heterocycles. The first-order valence-corrected chi connectivity index (χ1v) is 8.43. The second-order valence-electron chi connectivity index (χ2n) is 5.82. The van der Waals surface area contributed by atoms with E-state index in [9.17, 15) is 18.1 Å². The molecule has 0 spiro atoms. The maximum absolute atomic E-state index is 12.5. The highest BCUT2D eigenvalue weighted by Crippen LogP contribution is 2.46. The van der Waals surface area contributed by atoms with E-state index in [1.165, 1.54) is 6.07 Å². The molecule has 6 heteroatoms. The topological polar surface area (TPSA) is 46.5 Å².